The first kappa shape index (κ1) is 24.3. The molecule has 9 rings (SSSR count). The third kappa shape index (κ3) is 3.55. The summed E-state index contributed by atoms with van der Waals surface area (Å²) in [5.41, 5.74) is 11.1. The van der Waals surface area contributed by atoms with E-state index >= 15 is 0 Å². The summed E-state index contributed by atoms with van der Waals surface area (Å²) in [5, 5.41) is 9.04. The molecule has 0 saturated heterocycles. The minimum absolute atomic E-state index is 0.0281. The van der Waals surface area contributed by atoms with Gasteiger partial charge in [0.05, 0.1) is 11.2 Å². The molecular weight excluding hydrogens is 518 g/mol. The number of hydrogen-bond acceptors (Lipinski definition) is 1. The lowest BCUT2D eigenvalue weighted by Gasteiger charge is -2.22. The molecule has 1 aromatic heterocycles. The number of benzene rings is 7. The van der Waals surface area contributed by atoms with Gasteiger partial charge >= 0.3 is 0 Å². The van der Waals surface area contributed by atoms with Crippen molar-refractivity contribution in [3.8, 4) is 33.5 Å². The molecule has 202 valence electrons. The lowest BCUT2D eigenvalue weighted by molar-refractivity contribution is 0.661. The van der Waals surface area contributed by atoms with Crippen molar-refractivity contribution >= 4 is 43.2 Å². The van der Waals surface area contributed by atoms with Crippen molar-refractivity contribution in [2.24, 2.45) is 0 Å². The fourth-order valence-corrected chi connectivity index (χ4v) is 7.39. The van der Waals surface area contributed by atoms with Crippen LogP contribution in [-0.2, 0) is 5.41 Å². The average molecular weight is 548 g/mol. The number of fused-ring (bicyclic) bond motifs is 10. The van der Waals surface area contributed by atoms with Crippen molar-refractivity contribution in [2.45, 2.75) is 19.3 Å². The van der Waals surface area contributed by atoms with Crippen LogP contribution in [0.2, 0.25) is 0 Å². The Labute approximate surface area is 251 Å². The molecule has 1 heteroatoms. The van der Waals surface area contributed by atoms with E-state index in [0.29, 0.717) is 0 Å². The van der Waals surface area contributed by atoms with Gasteiger partial charge in [0.25, 0.3) is 0 Å². The van der Waals surface area contributed by atoms with Gasteiger partial charge in [0.1, 0.15) is 0 Å². The SMILES string of the molecule is CC1(C)c2ccccc2-c2cc3c4ccccc4c4cc(-c5ccc(-c6ccc7ccccc7n6)cc5)ccc4c3cc21. The predicted molar refractivity (Wildman–Crippen MR) is 183 cm³/mol. The second-order valence-corrected chi connectivity index (χ2v) is 12.4. The van der Waals surface area contributed by atoms with Crippen LogP contribution in [0.4, 0.5) is 0 Å². The summed E-state index contributed by atoms with van der Waals surface area (Å²) in [4.78, 5) is 4.90. The van der Waals surface area contributed by atoms with Crippen LogP contribution in [0.15, 0.2) is 140 Å². The number of nitrogens with zero attached hydrogens (tertiary/aromatic N) is 1. The summed E-state index contributed by atoms with van der Waals surface area (Å²) < 4.78 is 0. The van der Waals surface area contributed by atoms with Crippen molar-refractivity contribution < 1.29 is 0 Å². The summed E-state index contributed by atoms with van der Waals surface area (Å²) >= 11 is 0. The van der Waals surface area contributed by atoms with Crippen molar-refractivity contribution in [2.75, 3.05) is 0 Å². The van der Waals surface area contributed by atoms with Crippen molar-refractivity contribution in [3.05, 3.63) is 151 Å². The Hall–Kier alpha value is -5.27. The highest BCUT2D eigenvalue weighted by molar-refractivity contribution is 6.26. The largest absolute Gasteiger partial charge is 0.248 e. The Balaban J connectivity index is 1.21. The highest BCUT2D eigenvalue weighted by Crippen LogP contribution is 2.51. The molecule has 7 aromatic carbocycles. The molecule has 1 aliphatic carbocycles. The monoisotopic (exact) mass is 547 g/mol. The predicted octanol–water partition coefficient (Wildman–Crippen LogP) is 11.3. The van der Waals surface area contributed by atoms with Crippen molar-refractivity contribution in [1.82, 2.24) is 4.98 Å². The number of aromatic nitrogens is 1. The maximum Gasteiger partial charge on any atom is 0.0709 e. The van der Waals surface area contributed by atoms with Crippen LogP contribution in [0, 0.1) is 0 Å². The molecule has 0 radical (unpaired) electrons. The zero-order valence-corrected chi connectivity index (χ0v) is 24.2. The van der Waals surface area contributed by atoms with Gasteiger partial charge in [-0.1, -0.05) is 123 Å². The highest BCUT2D eigenvalue weighted by Gasteiger charge is 2.35. The second-order valence-electron chi connectivity index (χ2n) is 12.4. The normalized spacial score (nSPS) is 13.5. The molecule has 0 unspecified atom stereocenters. The van der Waals surface area contributed by atoms with Crippen molar-refractivity contribution in [3.63, 3.8) is 0 Å². The van der Waals surface area contributed by atoms with E-state index in [1.165, 1.54) is 65.7 Å². The minimum Gasteiger partial charge on any atom is -0.248 e. The maximum absolute atomic E-state index is 4.90. The Morgan fingerprint density at radius 2 is 1.05 bits per heavy atom. The fraction of sp³-hybridized carbons (Fsp3) is 0.0714. The van der Waals surface area contributed by atoms with E-state index in [2.05, 4.69) is 147 Å². The van der Waals surface area contributed by atoms with Crippen LogP contribution in [-0.4, -0.2) is 4.98 Å². The van der Waals surface area contributed by atoms with Crippen LogP contribution >= 0.6 is 0 Å². The van der Waals surface area contributed by atoms with Crippen LogP contribution in [0.25, 0.3) is 76.7 Å². The first-order chi connectivity index (χ1) is 21.1. The van der Waals surface area contributed by atoms with E-state index in [1.807, 2.05) is 6.07 Å². The van der Waals surface area contributed by atoms with Gasteiger partial charge in [-0.2, -0.15) is 0 Å². The molecule has 1 nitrogen and oxygen atoms in total. The first-order valence-corrected chi connectivity index (χ1v) is 15.1. The zero-order chi connectivity index (χ0) is 28.7. The van der Waals surface area contributed by atoms with Crippen LogP contribution in [0.5, 0.6) is 0 Å². The van der Waals surface area contributed by atoms with E-state index in [4.69, 9.17) is 4.98 Å². The number of pyridine rings is 1. The average Bonchev–Trinajstić information content (AvgIpc) is 3.29. The van der Waals surface area contributed by atoms with Crippen molar-refractivity contribution in [1.29, 1.82) is 0 Å². The molecule has 0 N–H and O–H groups in total. The highest BCUT2D eigenvalue weighted by atomic mass is 14.7. The van der Waals surface area contributed by atoms with Crippen LogP contribution in [0.1, 0.15) is 25.0 Å². The zero-order valence-electron chi connectivity index (χ0n) is 24.2. The Morgan fingerprint density at radius 3 is 1.88 bits per heavy atom. The Kier molecular flexibility index (Phi) is 5.02. The van der Waals surface area contributed by atoms with Gasteiger partial charge in [0, 0.05) is 16.4 Å². The van der Waals surface area contributed by atoms with Gasteiger partial charge in [0.15, 0.2) is 0 Å². The minimum atomic E-state index is -0.0281. The molecule has 43 heavy (non-hydrogen) atoms. The van der Waals surface area contributed by atoms with Gasteiger partial charge < -0.3 is 0 Å². The molecule has 0 aliphatic heterocycles. The number of rotatable bonds is 2. The number of hydrogen-bond donors (Lipinski definition) is 0. The van der Waals surface area contributed by atoms with E-state index in [0.717, 1.165) is 22.2 Å². The number of para-hydroxylation sites is 1. The fourth-order valence-electron chi connectivity index (χ4n) is 7.39. The Bertz CT molecular complexity index is 2410. The van der Waals surface area contributed by atoms with Gasteiger partial charge in [-0.15, -0.1) is 0 Å². The molecule has 0 saturated carbocycles. The molecule has 8 aromatic rings. The molecule has 1 heterocycles. The quantitative estimate of drug-likeness (QED) is 0.196. The van der Waals surface area contributed by atoms with Gasteiger partial charge in [-0.3, -0.25) is 0 Å². The molecule has 0 amide bonds. The summed E-state index contributed by atoms with van der Waals surface area (Å²) in [7, 11) is 0. The smallest absolute Gasteiger partial charge is 0.0709 e. The maximum atomic E-state index is 4.90. The molecule has 1 aliphatic rings. The van der Waals surface area contributed by atoms with Gasteiger partial charge in [0.2, 0.25) is 0 Å². The molecular formula is C42H29N. The lowest BCUT2D eigenvalue weighted by Crippen LogP contribution is -2.14. The van der Waals surface area contributed by atoms with Gasteiger partial charge in [-0.05, 0) is 96.0 Å². The lowest BCUT2D eigenvalue weighted by atomic mass is 9.81. The Morgan fingerprint density at radius 1 is 0.419 bits per heavy atom. The first-order valence-electron chi connectivity index (χ1n) is 15.1. The van der Waals surface area contributed by atoms with Crippen LogP contribution < -0.4 is 0 Å². The van der Waals surface area contributed by atoms with E-state index in [-0.39, 0.29) is 5.41 Å². The second kappa shape index (κ2) is 8.86. The summed E-state index contributed by atoms with van der Waals surface area (Å²) in [6.45, 7) is 4.73. The third-order valence-electron chi connectivity index (χ3n) is 9.65. The molecule has 0 bridgehead atoms. The summed E-state index contributed by atoms with van der Waals surface area (Å²) in [5.74, 6) is 0. The standard InChI is InChI=1S/C42H29N/c1-42(2)38-13-7-6-12-33(38)37-24-35-31-11-5-4-10-30(31)34-23-29(19-21-32(34)36(35)25-39(37)42)26-15-17-28(18-16-26)41-22-20-27-9-3-8-14-40(27)43-41/h3-25H,1-2H3. The third-order valence-corrected chi connectivity index (χ3v) is 9.65. The van der Waals surface area contributed by atoms with Gasteiger partial charge in [-0.25, -0.2) is 4.98 Å². The molecule has 0 fully saturated rings. The van der Waals surface area contributed by atoms with E-state index < -0.39 is 0 Å². The van der Waals surface area contributed by atoms with E-state index in [1.54, 1.807) is 0 Å². The molecule has 0 atom stereocenters. The topological polar surface area (TPSA) is 12.9 Å². The van der Waals surface area contributed by atoms with Crippen LogP contribution in [0.3, 0.4) is 0 Å². The molecule has 0 spiro atoms. The summed E-state index contributed by atoms with van der Waals surface area (Å²) in [6, 6.07) is 51.1. The summed E-state index contributed by atoms with van der Waals surface area (Å²) in [6.07, 6.45) is 0. The van der Waals surface area contributed by atoms with E-state index in [9.17, 15) is 0 Å².